The lowest BCUT2D eigenvalue weighted by molar-refractivity contribution is -0.139. The van der Waals surface area contributed by atoms with Crippen LogP contribution >= 0.6 is 0 Å². The summed E-state index contributed by atoms with van der Waals surface area (Å²) in [5.41, 5.74) is 0.947. The Kier molecular flexibility index (Phi) is 7.87. The van der Waals surface area contributed by atoms with Crippen LogP contribution < -0.4 is 0 Å². The number of hydrogen-bond acceptors (Lipinski definition) is 7. The van der Waals surface area contributed by atoms with Crippen LogP contribution in [0.5, 0.6) is 0 Å². The van der Waals surface area contributed by atoms with E-state index in [1.54, 1.807) is 35.5 Å². The van der Waals surface area contributed by atoms with Crippen molar-refractivity contribution in [3.63, 3.8) is 0 Å². The van der Waals surface area contributed by atoms with Crippen molar-refractivity contribution in [1.82, 2.24) is 4.31 Å². The molecule has 0 radical (unpaired) electrons. The Hall–Kier alpha value is -2.91. The van der Waals surface area contributed by atoms with E-state index in [4.69, 9.17) is 9.15 Å². The van der Waals surface area contributed by atoms with E-state index in [2.05, 4.69) is 4.74 Å². The van der Waals surface area contributed by atoms with Crippen LogP contribution in [0.2, 0.25) is 0 Å². The average Bonchev–Trinajstić information content (AvgIpc) is 2.98. The third kappa shape index (κ3) is 5.86. The Morgan fingerprint density at radius 2 is 1.75 bits per heavy atom. The second-order valence-corrected chi connectivity index (χ2v) is 9.44. The molecular weight excluding hydrogens is 434 g/mol. The molecule has 0 aliphatic carbocycles. The SMILES string of the molecule is COC(=O)c1cc(COC(=O)/C=C/c2ccc(S(=O)(=O)N3CCCCCC3)cc2)oc1C. The first-order chi connectivity index (χ1) is 15.3. The van der Waals surface area contributed by atoms with Gasteiger partial charge in [-0.25, -0.2) is 18.0 Å². The topological polar surface area (TPSA) is 103 Å². The number of rotatable bonds is 7. The summed E-state index contributed by atoms with van der Waals surface area (Å²) in [5, 5.41) is 0. The van der Waals surface area contributed by atoms with Crippen molar-refractivity contribution in [3.8, 4) is 0 Å². The largest absolute Gasteiger partial charge is 0.465 e. The minimum Gasteiger partial charge on any atom is -0.465 e. The highest BCUT2D eigenvalue weighted by Crippen LogP contribution is 2.21. The van der Waals surface area contributed by atoms with Crippen LogP contribution in [0.4, 0.5) is 0 Å². The van der Waals surface area contributed by atoms with Gasteiger partial charge in [0.05, 0.1) is 12.0 Å². The lowest BCUT2D eigenvalue weighted by Crippen LogP contribution is -2.31. The quantitative estimate of drug-likeness (QED) is 0.457. The molecular formula is C23H27NO7S. The number of carbonyl (C=O) groups excluding carboxylic acids is 2. The number of esters is 2. The number of sulfonamides is 1. The van der Waals surface area contributed by atoms with Gasteiger partial charge in [-0.15, -0.1) is 0 Å². The van der Waals surface area contributed by atoms with E-state index in [0.717, 1.165) is 25.7 Å². The standard InChI is InChI=1S/C23H27NO7S/c1-17-21(23(26)29-2)15-19(31-17)16-30-22(25)12-9-18-7-10-20(11-8-18)32(27,28)24-13-5-3-4-6-14-24/h7-12,15H,3-6,13-14,16H2,1-2H3/b12-9+. The van der Waals surface area contributed by atoms with Crippen LogP contribution in [0.15, 0.2) is 45.7 Å². The minimum absolute atomic E-state index is 0.131. The minimum atomic E-state index is -3.51. The maximum absolute atomic E-state index is 12.8. The zero-order chi connectivity index (χ0) is 23.1. The number of benzene rings is 1. The van der Waals surface area contributed by atoms with Gasteiger partial charge >= 0.3 is 11.9 Å². The summed E-state index contributed by atoms with van der Waals surface area (Å²) in [6, 6.07) is 7.86. The summed E-state index contributed by atoms with van der Waals surface area (Å²) in [4.78, 5) is 23.8. The van der Waals surface area contributed by atoms with Gasteiger partial charge in [-0.3, -0.25) is 0 Å². The number of aryl methyl sites for hydroxylation is 1. The Balaban J connectivity index is 1.57. The maximum Gasteiger partial charge on any atom is 0.341 e. The summed E-state index contributed by atoms with van der Waals surface area (Å²) >= 11 is 0. The molecule has 0 N–H and O–H groups in total. The molecule has 2 heterocycles. The molecule has 1 fully saturated rings. The zero-order valence-electron chi connectivity index (χ0n) is 18.2. The van der Waals surface area contributed by atoms with E-state index in [1.807, 2.05) is 0 Å². The van der Waals surface area contributed by atoms with Gasteiger partial charge in [-0.1, -0.05) is 25.0 Å². The Morgan fingerprint density at radius 3 is 2.38 bits per heavy atom. The van der Waals surface area contributed by atoms with E-state index >= 15 is 0 Å². The van der Waals surface area contributed by atoms with Crippen LogP contribution in [-0.4, -0.2) is 44.9 Å². The van der Waals surface area contributed by atoms with E-state index in [9.17, 15) is 18.0 Å². The lowest BCUT2D eigenvalue weighted by Gasteiger charge is -2.19. The maximum atomic E-state index is 12.8. The molecule has 0 bridgehead atoms. The Bertz CT molecular complexity index is 1080. The van der Waals surface area contributed by atoms with Crippen molar-refractivity contribution in [1.29, 1.82) is 0 Å². The van der Waals surface area contributed by atoms with Gasteiger partial charge < -0.3 is 13.9 Å². The number of furan rings is 1. The molecule has 3 rings (SSSR count). The predicted molar refractivity (Wildman–Crippen MR) is 117 cm³/mol. The van der Waals surface area contributed by atoms with Crippen molar-refractivity contribution < 1.29 is 31.9 Å². The third-order valence-electron chi connectivity index (χ3n) is 5.23. The fourth-order valence-corrected chi connectivity index (χ4v) is 4.98. The van der Waals surface area contributed by atoms with Crippen molar-refractivity contribution in [2.24, 2.45) is 0 Å². The number of ether oxygens (including phenoxy) is 2. The third-order valence-corrected chi connectivity index (χ3v) is 7.14. The molecule has 1 aliphatic rings. The van der Waals surface area contributed by atoms with Gasteiger partial charge in [0.15, 0.2) is 0 Å². The first-order valence-electron chi connectivity index (χ1n) is 10.4. The molecule has 0 amide bonds. The second-order valence-electron chi connectivity index (χ2n) is 7.50. The number of carbonyl (C=O) groups is 2. The smallest absolute Gasteiger partial charge is 0.341 e. The molecule has 0 atom stereocenters. The highest BCUT2D eigenvalue weighted by Gasteiger charge is 2.24. The molecule has 1 saturated heterocycles. The summed E-state index contributed by atoms with van der Waals surface area (Å²) < 4.78 is 42.4. The molecule has 1 aliphatic heterocycles. The van der Waals surface area contributed by atoms with E-state index < -0.39 is 22.0 Å². The Morgan fingerprint density at radius 1 is 1.09 bits per heavy atom. The van der Waals surface area contributed by atoms with Crippen molar-refractivity contribution in [2.45, 2.75) is 44.1 Å². The first-order valence-corrected chi connectivity index (χ1v) is 11.9. The summed E-state index contributed by atoms with van der Waals surface area (Å²) in [5.74, 6) is -0.411. The zero-order valence-corrected chi connectivity index (χ0v) is 19.0. The molecule has 172 valence electrons. The van der Waals surface area contributed by atoms with Gasteiger partial charge in [0.2, 0.25) is 10.0 Å². The van der Waals surface area contributed by atoms with Gasteiger partial charge in [0, 0.05) is 19.2 Å². The fourth-order valence-electron chi connectivity index (χ4n) is 3.46. The first kappa shape index (κ1) is 23.7. The molecule has 0 spiro atoms. The molecule has 32 heavy (non-hydrogen) atoms. The highest BCUT2D eigenvalue weighted by atomic mass is 32.2. The van der Waals surface area contributed by atoms with Gasteiger partial charge in [-0.2, -0.15) is 4.31 Å². The summed E-state index contributed by atoms with van der Waals surface area (Å²) in [6.07, 6.45) is 6.65. The summed E-state index contributed by atoms with van der Waals surface area (Å²) in [6.45, 7) is 2.58. The van der Waals surface area contributed by atoms with Crippen LogP contribution in [0, 0.1) is 6.92 Å². The van der Waals surface area contributed by atoms with Gasteiger partial charge in [-0.05, 0) is 49.6 Å². The fraction of sp³-hybridized carbons (Fsp3) is 0.391. The van der Waals surface area contributed by atoms with Crippen molar-refractivity contribution in [2.75, 3.05) is 20.2 Å². The van der Waals surface area contributed by atoms with Crippen LogP contribution in [0.25, 0.3) is 6.08 Å². The van der Waals surface area contributed by atoms with Gasteiger partial charge in [0.1, 0.15) is 23.7 Å². The van der Waals surface area contributed by atoms with E-state index in [1.165, 1.54) is 25.3 Å². The van der Waals surface area contributed by atoms with Crippen LogP contribution in [-0.2, 0) is 30.9 Å². The highest BCUT2D eigenvalue weighted by molar-refractivity contribution is 7.89. The second kappa shape index (κ2) is 10.6. The summed E-state index contributed by atoms with van der Waals surface area (Å²) in [7, 11) is -2.23. The molecule has 9 heteroatoms. The molecule has 0 unspecified atom stereocenters. The Labute approximate surface area is 187 Å². The average molecular weight is 462 g/mol. The monoisotopic (exact) mass is 461 g/mol. The molecule has 1 aromatic carbocycles. The van der Waals surface area contributed by atoms with Crippen LogP contribution in [0.3, 0.4) is 0 Å². The molecule has 2 aromatic rings. The van der Waals surface area contributed by atoms with Crippen molar-refractivity contribution >= 4 is 28.0 Å². The molecule has 8 nitrogen and oxygen atoms in total. The van der Waals surface area contributed by atoms with Crippen molar-refractivity contribution in [3.05, 3.63) is 59.1 Å². The predicted octanol–water partition coefficient (Wildman–Crippen LogP) is 3.70. The molecule has 1 aromatic heterocycles. The number of methoxy groups -OCH3 is 1. The normalized spacial score (nSPS) is 15.4. The van der Waals surface area contributed by atoms with E-state index in [-0.39, 0.29) is 17.1 Å². The van der Waals surface area contributed by atoms with Crippen LogP contribution in [0.1, 0.15) is 53.1 Å². The lowest BCUT2D eigenvalue weighted by atomic mass is 10.2. The number of hydrogen-bond donors (Lipinski definition) is 0. The molecule has 0 saturated carbocycles. The number of nitrogens with zero attached hydrogens (tertiary/aromatic N) is 1. The van der Waals surface area contributed by atoms with E-state index in [0.29, 0.717) is 30.2 Å². The van der Waals surface area contributed by atoms with Gasteiger partial charge in [0.25, 0.3) is 0 Å².